The van der Waals surface area contributed by atoms with E-state index in [9.17, 15) is 8.42 Å². The second kappa shape index (κ2) is 11.5. The fraction of sp³-hybridized carbons (Fsp3) is 0.500. The summed E-state index contributed by atoms with van der Waals surface area (Å²) in [5, 5.41) is 7.69. The molecule has 3 atom stereocenters. The van der Waals surface area contributed by atoms with E-state index in [1.54, 1.807) is 22.8 Å². The van der Waals surface area contributed by atoms with Crippen LogP contribution >= 0.6 is 11.6 Å². The quantitative estimate of drug-likeness (QED) is 0.410. The molecule has 36 heavy (non-hydrogen) atoms. The molecule has 0 aliphatic carbocycles. The topological polar surface area (TPSA) is 143 Å². The maximum absolute atomic E-state index is 13.4. The Labute approximate surface area is 214 Å². The van der Waals surface area contributed by atoms with Gasteiger partial charge < -0.3 is 14.2 Å². The smallest absolute Gasteiger partial charge is 0.240 e. The molecule has 0 amide bonds. The van der Waals surface area contributed by atoms with Crippen molar-refractivity contribution in [3.63, 3.8) is 0 Å². The van der Waals surface area contributed by atoms with E-state index in [4.69, 9.17) is 25.8 Å². The Bertz CT molecular complexity index is 1270. The van der Waals surface area contributed by atoms with Crippen LogP contribution in [0.1, 0.15) is 31.7 Å². The Kier molecular flexibility index (Phi) is 8.34. The van der Waals surface area contributed by atoms with Crippen molar-refractivity contribution < 1.29 is 22.6 Å². The van der Waals surface area contributed by atoms with Gasteiger partial charge in [0.2, 0.25) is 21.9 Å². The standard InChI is InChI=1S/C22H28ClN7O5S/c1-14(19(34-3)20-24-10-16(23)11-25-20)36(31,32)29-22-28-27-21(17-7-4-8-18(26-17)33-2)30(22)12-15-6-5-9-35-13-15/h4,7-8,10-11,14-15,19H,5-6,9,12-13H2,1-3H3,(H,28,29)/t14?,15-,19?/m0/s1. The molecule has 1 N–H and O–H groups in total. The number of pyridine rings is 1. The Morgan fingerprint density at radius 2 is 2.03 bits per heavy atom. The molecular weight excluding hydrogens is 510 g/mol. The maximum Gasteiger partial charge on any atom is 0.240 e. The first-order valence-corrected chi connectivity index (χ1v) is 13.3. The highest BCUT2D eigenvalue weighted by atomic mass is 35.5. The molecule has 4 rings (SSSR count). The minimum absolute atomic E-state index is 0.0684. The molecule has 2 unspecified atom stereocenters. The summed E-state index contributed by atoms with van der Waals surface area (Å²) in [4.78, 5) is 12.7. The van der Waals surface area contributed by atoms with Crippen LogP contribution in [0.25, 0.3) is 11.5 Å². The zero-order chi connectivity index (χ0) is 25.7. The van der Waals surface area contributed by atoms with Gasteiger partial charge in [0.1, 0.15) is 17.0 Å². The zero-order valence-electron chi connectivity index (χ0n) is 20.2. The lowest BCUT2D eigenvalue weighted by atomic mass is 10.0. The van der Waals surface area contributed by atoms with Crippen LogP contribution in [0.5, 0.6) is 5.88 Å². The van der Waals surface area contributed by atoms with Crippen molar-refractivity contribution in [2.24, 2.45) is 5.92 Å². The number of hydrogen-bond donors (Lipinski definition) is 1. The van der Waals surface area contributed by atoms with E-state index in [1.807, 2.05) is 0 Å². The Morgan fingerprint density at radius 3 is 2.69 bits per heavy atom. The molecule has 0 aromatic carbocycles. The van der Waals surface area contributed by atoms with E-state index >= 15 is 0 Å². The van der Waals surface area contributed by atoms with Crippen molar-refractivity contribution in [3.05, 3.63) is 41.4 Å². The van der Waals surface area contributed by atoms with E-state index in [0.29, 0.717) is 42.2 Å². The van der Waals surface area contributed by atoms with E-state index in [0.717, 1.165) is 12.8 Å². The summed E-state index contributed by atoms with van der Waals surface area (Å²) >= 11 is 5.87. The monoisotopic (exact) mass is 537 g/mol. The lowest BCUT2D eigenvalue weighted by Crippen LogP contribution is -2.34. The van der Waals surface area contributed by atoms with Gasteiger partial charge in [-0.2, -0.15) is 0 Å². The number of anilines is 1. The van der Waals surface area contributed by atoms with Gasteiger partial charge in [-0.05, 0) is 25.8 Å². The molecule has 0 spiro atoms. The molecular formula is C22H28ClN7O5S. The van der Waals surface area contributed by atoms with Gasteiger partial charge in [0.15, 0.2) is 11.6 Å². The van der Waals surface area contributed by atoms with Gasteiger partial charge in [-0.25, -0.2) is 23.4 Å². The third-order valence-corrected chi connectivity index (χ3v) is 7.79. The highest BCUT2D eigenvalue weighted by Gasteiger charge is 2.34. The Hall–Kier alpha value is -2.87. The molecule has 3 aromatic rings. The van der Waals surface area contributed by atoms with E-state index < -0.39 is 21.4 Å². The van der Waals surface area contributed by atoms with Crippen molar-refractivity contribution >= 4 is 27.6 Å². The molecule has 1 aliphatic heterocycles. The number of hydrogen-bond acceptors (Lipinski definition) is 10. The first-order valence-electron chi connectivity index (χ1n) is 11.4. The molecule has 0 bridgehead atoms. The lowest BCUT2D eigenvalue weighted by molar-refractivity contribution is 0.0487. The molecule has 1 saturated heterocycles. The number of methoxy groups -OCH3 is 2. The number of rotatable bonds is 10. The van der Waals surface area contributed by atoms with Crippen LogP contribution in [0.3, 0.4) is 0 Å². The lowest BCUT2D eigenvalue weighted by Gasteiger charge is -2.25. The summed E-state index contributed by atoms with van der Waals surface area (Å²) < 4.78 is 47.4. The molecule has 12 nitrogen and oxygen atoms in total. The SMILES string of the molecule is COc1cccc(-c2nnc(NS(=O)(=O)C(C)C(OC)c3ncc(Cl)cn3)n2C[C@@H]2CCCOC2)n1. The third kappa shape index (κ3) is 5.91. The molecule has 1 aliphatic rings. The molecule has 4 heterocycles. The molecule has 194 valence electrons. The second-order valence-electron chi connectivity index (χ2n) is 8.37. The first kappa shape index (κ1) is 26.2. The van der Waals surface area contributed by atoms with Gasteiger partial charge in [-0.1, -0.05) is 17.7 Å². The minimum atomic E-state index is -4.02. The maximum atomic E-state index is 13.4. The molecule has 0 radical (unpaired) electrons. The largest absolute Gasteiger partial charge is 0.481 e. The first-order chi connectivity index (χ1) is 17.3. The van der Waals surface area contributed by atoms with Crippen molar-refractivity contribution in [3.8, 4) is 17.4 Å². The second-order valence-corrected chi connectivity index (χ2v) is 10.8. The van der Waals surface area contributed by atoms with Gasteiger partial charge in [0.25, 0.3) is 0 Å². The Morgan fingerprint density at radius 1 is 1.25 bits per heavy atom. The number of sulfonamides is 1. The normalized spacial score (nSPS) is 17.9. The molecule has 0 saturated carbocycles. The third-order valence-electron chi connectivity index (χ3n) is 5.91. The number of nitrogens with one attached hydrogen (secondary N) is 1. The number of aromatic nitrogens is 6. The summed E-state index contributed by atoms with van der Waals surface area (Å²) in [5.74, 6) is 1.24. The summed E-state index contributed by atoms with van der Waals surface area (Å²) in [6.07, 6.45) is 3.69. The average Bonchev–Trinajstić information content (AvgIpc) is 3.27. The number of nitrogens with zero attached hydrogens (tertiary/aromatic N) is 6. The number of halogens is 1. The van der Waals surface area contributed by atoms with Gasteiger partial charge in [-0.3, -0.25) is 9.29 Å². The van der Waals surface area contributed by atoms with Crippen LogP contribution in [0.2, 0.25) is 5.02 Å². The number of ether oxygens (including phenoxy) is 3. The molecule has 1 fully saturated rings. The van der Waals surface area contributed by atoms with E-state index in [1.165, 1.54) is 33.5 Å². The minimum Gasteiger partial charge on any atom is -0.481 e. The van der Waals surface area contributed by atoms with Crippen LogP contribution in [-0.2, 0) is 26.0 Å². The predicted molar refractivity (Wildman–Crippen MR) is 132 cm³/mol. The summed E-state index contributed by atoms with van der Waals surface area (Å²) in [6.45, 7) is 3.23. The zero-order valence-corrected chi connectivity index (χ0v) is 21.7. The predicted octanol–water partition coefficient (Wildman–Crippen LogP) is 2.74. The fourth-order valence-corrected chi connectivity index (χ4v) is 5.21. The van der Waals surface area contributed by atoms with Crippen molar-refractivity contribution in [2.45, 2.75) is 37.7 Å². The van der Waals surface area contributed by atoms with Crippen LogP contribution in [0.15, 0.2) is 30.6 Å². The highest BCUT2D eigenvalue weighted by Crippen LogP contribution is 2.28. The van der Waals surface area contributed by atoms with E-state index in [2.05, 4.69) is 29.9 Å². The van der Waals surface area contributed by atoms with Gasteiger partial charge in [0.05, 0.1) is 18.7 Å². The highest BCUT2D eigenvalue weighted by molar-refractivity contribution is 7.93. The molecule has 14 heteroatoms. The van der Waals surface area contributed by atoms with Crippen LogP contribution in [0, 0.1) is 5.92 Å². The summed E-state index contributed by atoms with van der Waals surface area (Å²) in [6, 6.07) is 5.26. The Balaban J connectivity index is 1.66. The van der Waals surface area contributed by atoms with Gasteiger partial charge >= 0.3 is 0 Å². The van der Waals surface area contributed by atoms with Crippen molar-refractivity contribution in [2.75, 3.05) is 32.2 Å². The summed E-state index contributed by atoms with van der Waals surface area (Å²) in [7, 11) is -1.10. The average molecular weight is 538 g/mol. The van der Waals surface area contributed by atoms with Gasteiger partial charge in [-0.15, -0.1) is 10.2 Å². The molecule has 3 aromatic heterocycles. The van der Waals surface area contributed by atoms with Crippen molar-refractivity contribution in [1.29, 1.82) is 0 Å². The van der Waals surface area contributed by atoms with Crippen LogP contribution < -0.4 is 9.46 Å². The van der Waals surface area contributed by atoms with Crippen LogP contribution in [-0.4, -0.2) is 70.8 Å². The van der Waals surface area contributed by atoms with E-state index in [-0.39, 0.29) is 17.7 Å². The van der Waals surface area contributed by atoms with Crippen LogP contribution in [0.4, 0.5) is 5.95 Å². The van der Waals surface area contributed by atoms with Gasteiger partial charge in [0, 0.05) is 44.6 Å². The fourth-order valence-electron chi connectivity index (χ4n) is 3.96. The summed E-state index contributed by atoms with van der Waals surface area (Å²) in [5.41, 5.74) is 0.501. The van der Waals surface area contributed by atoms with Crippen molar-refractivity contribution in [1.82, 2.24) is 29.7 Å².